The molecule has 1 unspecified atom stereocenters. The Morgan fingerprint density at radius 1 is 1.61 bits per heavy atom. The van der Waals surface area contributed by atoms with Crippen molar-refractivity contribution in [1.29, 1.82) is 0 Å². The first-order chi connectivity index (χ1) is 8.65. The zero-order valence-corrected chi connectivity index (χ0v) is 12.1. The molecule has 1 aliphatic heterocycles. The summed E-state index contributed by atoms with van der Waals surface area (Å²) in [6, 6.07) is 4.11. The Labute approximate surface area is 113 Å². The molecular weight excluding hydrogens is 244 g/mol. The summed E-state index contributed by atoms with van der Waals surface area (Å²) in [5, 5.41) is 2.06. The number of hydrogen-bond acceptors (Lipinski definition) is 3. The van der Waals surface area contributed by atoms with Crippen LogP contribution in [0.4, 0.5) is 0 Å². The van der Waals surface area contributed by atoms with Crippen LogP contribution in [0.1, 0.15) is 24.6 Å². The Bertz CT molecular complexity index is 377. The van der Waals surface area contributed by atoms with Gasteiger partial charge in [0.1, 0.15) is 0 Å². The first kappa shape index (κ1) is 13.6. The Morgan fingerprint density at radius 2 is 2.44 bits per heavy atom. The smallest absolute Gasteiger partial charge is 0.236 e. The highest BCUT2D eigenvalue weighted by molar-refractivity contribution is 7.09. The molecule has 18 heavy (non-hydrogen) atoms. The van der Waals surface area contributed by atoms with Gasteiger partial charge in [-0.1, -0.05) is 13.0 Å². The Balaban J connectivity index is 1.79. The van der Waals surface area contributed by atoms with Crippen LogP contribution in [0, 0.1) is 5.92 Å². The largest absolute Gasteiger partial charge is 0.340 e. The van der Waals surface area contributed by atoms with Crippen LogP contribution in [-0.4, -0.2) is 42.4 Å². The third-order valence-electron chi connectivity index (χ3n) is 3.50. The summed E-state index contributed by atoms with van der Waals surface area (Å²) < 4.78 is 0. The van der Waals surface area contributed by atoms with E-state index < -0.39 is 0 Å². The second kappa shape index (κ2) is 6.34. The molecule has 4 heteroatoms. The molecule has 0 N–H and O–H groups in total. The highest BCUT2D eigenvalue weighted by Gasteiger charge is 2.20. The van der Waals surface area contributed by atoms with E-state index >= 15 is 0 Å². The number of likely N-dealkylation sites (tertiary alicyclic amines) is 1. The molecule has 1 aromatic rings. The molecule has 2 rings (SSSR count). The first-order valence-electron chi connectivity index (χ1n) is 6.64. The maximum atomic E-state index is 12.1. The predicted octanol–water partition coefficient (Wildman–Crippen LogP) is 2.44. The van der Waals surface area contributed by atoms with Crippen molar-refractivity contribution in [3.63, 3.8) is 0 Å². The number of piperidine rings is 1. The number of hydrogen-bond donors (Lipinski definition) is 0. The summed E-state index contributed by atoms with van der Waals surface area (Å²) in [5.74, 6) is 0.964. The molecule has 3 nitrogen and oxygen atoms in total. The van der Waals surface area contributed by atoms with Gasteiger partial charge < -0.3 is 4.90 Å². The molecule has 0 bridgehead atoms. The minimum Gasteiger partial charge on any atom is -0.340 e. The van der Waals surface area contributed by atoms with Crippen molar-refractivity contribution < 1.29 is 4.79 Å². The van der Waals surface area contributed by atoms with Gasteiger partial charge in [0.25, 0.3) is 0 Å². The van der Waals surface area contributed by atoms with Crippen molar-refractivity contribution >= 4 is 17.2 Å². The molecule has 1 aliphatic rings. The summed E-state index contributed by atoms with van der Waals surface area (Å²) in [5.41, 5.74) is 0. The summed E-state index contributed by atoms with van der Waals surface area (Å²) >= 11 is 1.71. The predicted molar refractivity (Wildman–Crippen MR) is 75.6 cm³/mol. The number of rotatable bonds is 4. The second-order valence-corrected chi connectivity index (χ2v) is 6.34. The molecule has 0 saturated carbocycles. The average Bonchev–Trinajstić information content (AvgIpc) is 2.81. The highest BCUT2D eigenvalue weighted by Crippen LogP contribution is 2.16. The summed E-state index contributed by atoms with van der Waals surface area (Å²) in [7, 11) is 1.90. The maximum Gasteiger partial charge on any atom is 0.236 e. The fourth-order valence-electron chi connectivity index (χ4n) is 2.47. The Hall–Kier alpha value is -0.870. The molecule has 0 spiro atoms. The summed E-state index contributed by atoms with van der Waals surface area (Å²) in [6.07, 6.45) is 2.53. The van der Waals surface area contributed by atoms with Gasteiger partial charge in [0, 0.05) is 18.5 Å². The molecule has 2 heterocycles. The van der Waals surface area contributed by atoms with E-state index in [1.807, 2.05) is 18.0 Å². The van der Waals surface area contributed by atoms with E-state index in [4.69, 9.17) is 0 Å². The van der Waals surface area contributed by atoms with Crippen LogP contribution in [-0.2, 0) is 11.3 Å². The number of carbonyl (C=O) groups excluding carboxylic acids is 1. The summed E-state index contributed by atoms with van der Waals surface area (Å²) in [4.78, 5) is 17.5. The fraction of sp³-hybridized carbons (Fsp3) is 0.643. The second-order valence-electron chi connectivity index (χ2n) is 5.31. The van der Waals surface area contributed by atoms with Gasteiger partial charge in [-0.3, -0.25) is 9.69 Å². The third kappa shape index (κ3) is 3.82. The quantitative estimate of drug-likeness (QED) is 0.835. The Kier molecular flexibility index (Phi) is 4.78. The van der Waals surface area contributed by atoms with Crippen LogP contribution in [0.15, 0.2) is 17.5 Å². The van der Waals surface area contributed by atoms with E-state index in [0.29, 0.717) is 6.54 Å². The highest BCUT2D eigenvalue weighted by atomic mass is 32.1. The minimum atomic E-state index is 0.234. The topological polar surface area (TPSA) is 23.6 Å². The molecule has 0 aromatic carbocycles. The van der Waals surface area contributed by atoms with Gasteiger partial charge >= 0.3 is 0 Å². The fourth-order valence-corrected chi connectivity index (χ4v) is 3.22. The maximum absolute atomic E-state index is 12.1. The van der Waals surface area contributed by atoms with Gasteiger partial charge in [-0.05, 0) is 36.8 Å². The monoisotopic (exact) mass is 266 g/mol. The molecule has 1 atom stereocenters. The van der Waals surface area contributed by atoms with Gasteiger partial charge in [0.15, 0.2) is 0 Å². The van der Waals surface area contributed by atoms with E-state index in [0.717, 1.165) is 25.6 Å². The van der Waals surface area contributed by atoms with Crippen LogP contribution in [0.25, 0.3) is 0 Å². The van der Waals surface area contributed by atoms with E-state index in [1.54, 1.807) is 11.3 Å². The average molecular weight is 266 g/mol. The van der Waals surface area contributed by atoms with Crippen molar-refractivity contribution in [1.82, 2.24) is 9.80 Å². The first-order valence-corrected chi connectivity index (χ1v) is 7.52. The molecule has 1 aromatic heterocycles. The number of amides is 1. The zero-order valence-electron chi connectivity index (χ0n) is 11.3. The molecule has 1 amide bonds. The van der Waals surface area contributed by atoms with Gasteiger partial charge in [-0.15, -0.1) is 11.3 Å². The van der Waals surface area contributed by atoms with Crippen LogP contribution in [0.3, 0.4) is 0 Å². The van der Waals surface area contributed by atoms with Crippen molar-refractivity contribution in [2.24, 2.45) is 5.92 Å². The SMILES string of the molecule is CC1CCCN(CC(=O)N(C)Cc2cccs2)C1. The van der Waals surface area contributed by atoms with Gasteiger partial charge in [0.05, 0.1) is 13.1 Å². The lowest BCUT2D eigenvalue weighted by atomic mass is 10.0. The van der Waals surface area contributed by atoms with Crippen molar-refractivity contribution in [3.05, 3.63) is 22.4 Å². The lowest BCUT2D eigenvalue weighted by Gasteiger charge is -2.31. The lowest BCUT2D eigenvalue weighted by molar-refractivity contribution is -0.132. The zero-order chi connectivity index (χ0) is 13.0. The number of likely N-dealkylation sites (N-methyl/N-ethyl adjacent to an activating group) is 1. The standard InChI is InChI=1S/C14H22N2OS/c1-12-5-3-7-16(9-12)11-14(17)15(2)10-13-6-4-8-18-13/h4,6,8,12H,3,5,7,9-11H2,1-2H3. The number of nitrogens with zero attached hydrogens (tertiary/aromatic N) is 2. The van der Waals surface area contributed by atoms with Crippen molar-refractivity contribution in [2.45, 2.75) is 26.3 Å². The summed E-state index contributed by atoms with van der Waals surface area (Å²) in [6.45, 7) is 5.72. The van der Waals surface area contributed by atoms with Crippen molar-refractivity contribution in [2.75, 3.05) is 26.7 Å². The van der Waals surface area contributed by atoms with Crippen LogP contribution >= 0.6 is 11.3 Å². The molecule has 0 radical (unpaired) electrons. The van der Waals surface area contributed by atoms with Crippen LogP contribution in [0.5, 0.6) is 0 Å². The molecule has 100 valence electrons. The third-order valence-corrected chi connectivity index (χ3v) is 4.36. The Morgan fingerprint density at radius 3 is 3.11 bits per heavy atom. The van der Waals surface area contributed by atoms with E-state index in [-0.39, 0.29) is 5.91 Å². The molecule has 1 fully saturated rings. The van der Waals surface area contributed by atoms with E-state index in [9.17, 15) is 4.79 Å². The van der Waals surface area contributed by atoms with Crippen molar-refractivity contribution in [3.8, 4) is 0 Å². The van der Waals surface area contributed by atoms with Crippen LogP contribution in [0.2, 0.25) is 0 Å². The van der Waals surface area contributed by atoms with Gasteiger partial charge in [-0.2, -0.15) is 0 Å². The molecule has 1 saturated heterocycles. The molecule has 0 aliphatic carbocycles. The van der Waals surface area contributed by atoms with Gasteiger partial charge in [0.2, 0.25) is 5.91 Å². The normalized spacial score (nSPS) is 20.9. The molecular formula is C14H22N2OS. The minimum absolute atomic E-state index is 0.234. The number of carbonyl (C=O) groups is 1. The van der Waals surface area contributed by atoms with E-state index in [1.165, 1.54) is 17.7 Å². The van der Waals surface area contributed by atoms with Gasteiger partial charge in [-0.25, -0.2) is 0 Å². The van der Waals surface area contributed by atoms with Crippen LogP contribution < -0.4 is 0 Å². The van der Waals surface area contributed by atoms with E-state index in [2.05, 4.69) is 23.3 Å². The number of thiophene rings is 1. The lowest BCUT2D eigenvalue weighted by Crippen LogP contribution is -2.42.